The van der Waals surface area contributed by atoms with Gasteiger partial charge in [0.05, 0.1) is 12.1 Å². The van der Waals surface area contributed by atoms with Crippen LogP contribution in [0.15, 0.2) is 48.8 Å². The van der Waals surface area contributed by atoms with E-state index >= 15 is 0 Å². The van der Waals surface area contributed by atoms with Crippen molar-refractivity contribution in [2.24, 2.45) is 18.9 Å². The second kappa shape index (κ2) is 18.4. The molecule has 2 heterocycles. The smallest absolute Gasteiger partial charge is 0.388 e. The van der Waals surface area contributed by atoms with Crippen LogP contribution in [0.5, 0.6) is 0 Å². The normalized spacial score (nSPS) is 18.3. The lowest BCUT2D eigenvalue weighted by Gasteiger charge is -2.31. The summed E-state index contributed by atoms with van der Waals surface area (Å²) in [6.45, 7) is 7.47. The van der Waals surface area contributed by atoms with Crippen LogP contribution >= 0.6 is 0 Å². The number of anilines is 1. The Labute approximate surface area is 281 Å². The summed E-state index contributed by atoms with van der Waals surface area (Å²) in [6.07, 6.45) is 1.17. The lowest BCUT2D eigenvalue weighted by atomic mass is 9.76. The van der Waals surface area contributed by atoms with Gasteiger partial charge in [-0.25, -0.2) is 0 Å². The van der Waals surface area contributed by atoms with Crippen LogP contribution in [0.2, 0.25) is 0 Å². The van der Waals surface area contributed by atoms with E-state index in [1.165, 1.54) is 17.7 Å². The SMILES string of the molecule is CC#CC(=O)N1CCC(CNCc2cc(C)c(CN(C=O)c3ccccc3)c(C(F)(F)F)c2)C1.CC1CC(c2nncn2C)C1.COC. The highest BCUT2D eigenvalue weighted by molar-refractivity contribution is 5.93. The minimum atomic E-state index is -4.55. The van der Waals surface area contributed by atoms with E-state index in [0.29, 0.717) is 48.8 Å². The molecule has 0 bridgehead atoms. The quantitative estimate of drug-likeness (QED) is 0.232. The van der Waals surface area contributed by atoms with Crippen LogP contribution < -0.4 is 10.2 Å². The van der Waals surface area contributed by atoms with Crippen molar-refractivity contribution in [3.05, 3.63) is 76.9 Å². The number of ether oxygens (including phenoxy) is 1. The fourth-order valence-electron chi connectivity index (χ4n) is 6.00. The highest BCUT2D eigenvalue weighted by Gasteiger charge is 2.35. The molecule has 5 rings (SSSR count). The van der Waals surface area contributed by atoms with Crippen LogP contribution in [0.25, 0.3) is 0 Å². The monoisotopic (exact) mass is 668 g/mol. The number of rotatable bonds is 9. The van der Waals surface area contributed by atoms with Crippen molar-refractivity contribution >= 4 is 18.0 Å². The Balaban J connectivity index is 0.000000368. The van der Waals surface area contributed by atoms with Gasteiger partial charge in [0.1, 0.15) is 12.2 Å². The maximum Gasteiger partial charge on any atom is 0.416 e. The standard InChI is InChI=1S/C26H28F3N3O2.C8H13N3.C2H6O/c1-3-7-25(34)31-11-10-20(16-31)14-30-15-21-12-19(2)23(24(13-21)26(27,28)29)17-32(18-33)22-8-5-4-6-9-22;1-6-3-7(4-6)8-10-9-5-11(8)2;1-3-2/h4-6,8-9,12-13,18,20,30H,10-11,14-17H2,1-2H3;5-7H,3-4H2,1-2H3;1-2H3. The van der Waals surface area contributed by atoms with Gasteiger partial charge >= 0.3 is 6.18 Å². The zero-order valence-electron chi connectivity index (χ0n) is 28.7. The van der Waals surface area contributed by atoms with Gasteiger partial charge in [-0.3, -0.25) is 9.59 Å². The third kappa shape index (κ3) is 10.9. The first kappa shape index (κ1) is 38.2. The fourth-order valence-corrected chi connectivity index (χ4v) is 6.00. The van der Waals surface area contributed by atoms with E-state index in [1.807, 2.05) is 11.6 Å². The molecule has 1 N–H and O–H groups in total. The molecule has 1 saturated heterocycles. The van der Waals surface area contributed by atoms with Crippen LogP contribution in [0.4, 0.5) is 18.9 Å². The highest BCUT2D eigenvalue weighted by Crippen LogP contribution is 2.40. The zero-order valence-corrected chi connectivity index (χ0v) is 28.7. The van der Waals surface area contributed by atoms with Gasteiger partial charge in [-0.2, -0.15) is 13.2 Å². The summed E-state index contributed by atoms with van der Waals surface area (Å²) in [7, 11) is 5.26. The number of nitrogens with one attached hydrogen (secondary N) is 1. The molecule has 1 unspecified atom stereocenters. The van der Waals surface area contributed by atoms with Crippen LogP contribution in [0.1, 0.15) is 67.1 Å². The number of alkyl halides is 3. The third-order valence-corrected chi connectivity index (χ3v) is 8.43. The number of hydrogen-bond donors (Lipinski definition) is 1. The number of halogens is 3. The number of nitrogens with zero attached hydrogens (tertiary/aromatic N) is 5. The number of amides is 2. The number of likely N-dealkylation sites (tertiary alicyclic amines) is 1. The van der Waals surface area contributed by atoms with Crippen molar-refractivity contribution in [1.29, 1.82) is 0 Å². The Morgan fingerprint density at radius 3 is 2.44 bits per heavy atom. The molecule has 1 aliphatic carbocycles. The summed E-state index contributed by atoms with van der Waals surface area (Å²) in [5.41, 5.74) is 0.876. The average Bonchev–Trinajstić information content (AvgIpc) is 3.69. The minimum absolute atomic E-state index is 0.0779. The van der Waals surface area contributed by atoms with Gasteiger partial charge in [-0.05, 0) is 85.8 Å². The van der Waals surface area contributed by atoms with Gasteiger partial charge < -0.3 is 24.4 Å². The molecule has 1 atom stereocenters. The summed E-state index contributed by atoms with van der Waals surface area (Å²) in [5.74, 6) is 7.90. The van der Waals surface area contributed by atoms with Gasteiger partial charge in [-0.1, -0.05) is 37.1 Å². The van der Waals surface area contributed by atoms with Crippen LogP contribution in [-0.2, 0) is 40.6 Å². The van der Waals surface area contributed by atoms with E-state index in [-0.39, 0.29) is 30.5 Å². The summed E-state index contributed by atoms with van der Waals surface area (Å²) >= 11 is 0. The molecule has 2 aromatic carbocycles. The average molecular weight is 669 g/mol. The number of benzene rings is 2. The highest BCUT2D eigenvalue weighted by atomic mass is 19.4. The van der Waals surface area contributed by atoms with Crippen LogP contribution in [0.3, 0.4) is 0 Å². The van der Waals surface area contributed by atoms with Crippen LogP contribution in [0, 0.1) is 30.6 Å². The Bertz CT molecular complexity index is 1530. The minimum Gasteiger partial charge on any atom is -0.388 e. The summed E-state index contributed by atoms with van der Waals surface area (Å²) in [5, 5.41) is 11.2. The van der Waals surface area contributed by atoms with Crippen molar-refractivity contribution in [3.63, 3.8) is 0 Å². The van der Waals surface area contributed by atoms with Gasteiger partial charge in [0, 0.05) is 59.1 Å². The molecule has 2 amide bonds. The molecule has 0 spiro atoms. The number of hydrogen-bond acceptors (Lipinski definition) is 6. The number of methoxy groups -OCH3 is 1. The van der Waals surface area contributed by atoms with Crippen molar-refractivity contribution in [2.75, 3.05) is 38.8 Å². The molecular formula is C36H47F3N6O3. The molecule has 9 nitrogen and oxygen atoms in total. The van der Waals surface area contributed by atoms with Gasteiger partial charge in [0.15, 0.2) is 0 Å². The van der Waals surface area contributed by atoms with E-state index in [2.05, 4.69) is 39.0 Å². The van der Waals surface area contributed by atoms with E-state index in [4.69, 9.17) is 0 Å². The zero-order chi connectivity index (χ0) is 35.3. The van der Waals surface area contributed by atoms with Gasteiger partial charge in [0.2, 0.25) is 6.41 Å². The topological polar surface area (TPSA) is 92.6 Å². The Morgan fingerprint density at radius 1 is 1.19 bits per heavy atom. The molecule has 12 heteroatoms. The van der Waals surface area contributed by atoms with Crippen LogP contribution in [-0.4, -0.2) is 65.8 Å². The van der Waals surface area contributed by atoms with Crippen molar-refractivity contribution < 1.29 is 27.5 Å². The molecule has 1 aromatic heterocycles. The fraction of sp³-hybridized carbons (Fsp3) is 0.500. The molecule has 48 heavy (non-hydrogen) atoms. The molecule has 1 aliphatic heterocycles. The first-order valence-corrected chi connectivity index (χ1v) is 16.0. The van der Waals surface area contributed by atoms with Crippen molar-refractivity contribution in [1.82, 2.24) is 25.0 Å². The van der Waals surface area contributed by atoms with E-state index in [1.54, 1.807) is 75.7 Å². The maximum atomic E-state index is 13.9. The van der Waals surface area contributed by atoms with Gasteiger partial charge in [-0.15, -0.1) is 10.2 Å². The molecule has 2 aliphatic rings. The van der Waals surface area contributed by atoms with E-state index < -0.39 is 11.7 Å². The number of para-hydroxylation sites is 1. The van der Waals surface area contributed by atoms with Crippen molar-refractivity contribution in [2.45, 2.75) is 65.2 Å². The van der Waals surface area contributed by atoms with E-state index in [0.717, 1.165) is 24.2 Å². The van der Waals surface area contributed by atoms with Crippen molar-refractivity contribution in [3.8, 4) is 11.8 Å². The molecule has 1 saturated carbocycles. The Morgan fingerprint density at radius 2 is 1.88 bits per heavy atom. The Kier molecular flexibility index (Phi) is 14.6. The predicted octanol–water partition coefficient (Wildman–Crippen LogP) is 5.73. The van der Waals surface area contributed by atoms with Gasteiger partial charge in [0.25, 0.3) is 5.91 Å². The molecule has 3 aromatic rings. The third-order valence-electron chi connectivity index (χ3n) is 8.43. The largest absolute Gasteiger partial charge is 0.416 e. The summed E-state index contributed by atoms with van der Waals surface area (Å²) < 4.78 is 48.1. The first-order chi connectivity index (χ1) is 22.9. The first-order valence-electron chi connectivity index (χ1n) is 16.0. The lowest BCUT2D eigenvalue weighted by Crippen LogP contribution is -2.30. The number of carbonyl (C=O) groups excluding carboxylic acids is 2. The summed E-state index contributed by atoms with van der Waals surface area (Å²) in [6, 6.07) is 11.5. The maximum absolute atomic E-state index is 13.9. The lowest BCUT2D eigenvalue weighted by molar-refractivity contribution is -0.138. The predicted molar refractivity (Wildman–Crippen MR) is 180 cm³/mol. The number of carbonyl (C=O) groups is 2. The molecule has 2 fully saturated rings. The Hall–Kier alpha value is -4.21. The number of aryl methyl sites for hydroxylation is 2. The van der Waals surface area contributed by atoms with E-state index in [9.17, 15) is 22.8 Å². The second-order valence-electron chi connectivity index (χ2n) is 12.4. The molecular weight excluding hydrogens is 621 g/mol. The molecule has 260 valence electrons. The summed E-state index contributed by atoms with van der Waals surface area (Å²) in [4.78, 5) is 26.5. The molecule has 0 radical (unpaired) electrons. The number of aromatic nitrogens is 3. The second-order valence-corrected chi connectivity index (χ2v) is 12.4.